The van der Waals surface area contributed by atoms with Gasteiger partial charge in [0.1, 0.15) is 11.0 Å². The zero-order valence-electron chi connectivity index (χ0n) is 8.87. The van der Waals surface area contributed by atoms with E-state index in [9.17, 15) is 0 Å². The maximum Gasteiger partial charge on any atom is 0.149 e. The molecule has 4 heteroatoms. The molecule has 1 rings (SSSR count). The largest absolute Gasteiger partial charge is 0.353 e. The lowest BCUT2D eigenvalue weighted by molar-refractivity contribution is 0.622. The van der Waals surface area contributed by atoms with E-state index < -0.39 is 0 Å². The molecule has 0 saturated carbocycles. The molecular formula is C10H16ClN3. The highest BCUT2D eigenvalue weighted by molar-refractivity contribution is 6.29. The summed E-state index contributed by atoms with van der Waals surface area (Å²) in [6, 6.07) is 0.466. The van der Waals surface area contributed by atoms with Gasteiger partial charge >= 0.3 is 0 Å². The van der Waals surface area contributed by atoms with E-state index in [4.69, 9.17) is 11.6 Å². The summed E-state index contributed by atoms with van der Waals surface area (Å²) < 4.78 is 0. The molecule has 0 spiro atoms. The zero-order valence-corrected chi connectivity index (χ0v) is 9.62. The number of hydrogen-bond donors (Lipinski definition) is 0. The van der Waals surface area contributed by atoms with Crippen LogP contribution in [0.3, 0.4) is 0 Å². The highest BCUT2D eigenvalue weighted by Gasteiger charge is 2.12. The second-order valence-corrected chi connectivity index (χ2v) is 3.63. The Balaban J connectivity index is 2.89. The number of rotatable bonds is 4. The summed E-state index contributed by atoms with van der Waals surface area (Å²) in [6.07, 6.45) is 4.39. The Morgan fingerprint density at radius 3 is 2.64 bits per heavy atom. The summed E-state index contributed by atoms with van der Waals surface area (Å²) in [6.45, 7) is 7.36. The van der Waals surface area contributed by atoms with Gasteiger partial charge < -0.3 is 4.90 Å². The quantitative estimate of drug-likeness (QED) is 0.770. The average Bonchev–Trinajstić information content (AvgIpc) is 2.19. The minimum atomic E-state index is 0.448. The first-order valence-electron chi connectivity index (χ1n) is 4.93. The Morgan fingerprint density at radius 2 is 2.14 bits per heavy atom. The van der Waals surface area contributed by atoms with Crippen LogP contribution in [0.15, 0.2) is 12.4 Å². The third kappa shape index (κ3) is 2.58. The monoisotopic (exact) mass is 213 g/mol. The molecule has 1 aromatic rings. The van der Waals surface area contributed by atoms with Gasteiger partial charge in [0.25, 0.3) is 0 Å². The summed E-state index contributed by atoms with van der Waals surface area (Å²) in [5.41, 5.74) is 0. The van der Waals surface area contributed by atoms with Crippen LogP contribution in [0.4, 0.5) is 5.82 Å². The first kappa shape index (κ1) is 11.2. The Labute approximate surface area is 90.1 Å². The molecule has 0 saturated heterocycles. The van der Waals surface area contributed by atoms with Crippen molar-refractivity contribution in [2.45, 2.75) is 33.2 Å². The molecule has 0 aliphatic carbocycles. The maximum absolute atomic E-state index is 5.79. The van der Waals surface area contributed by atoms with Gasteiger partial charge in [0.2, 0.25) is 0 Å². The minimum absolute atomic E-state index is 0.448. The van der Waals surface area contributed by atoms with Gasteiger partial charge in [-0.3, -0.25) is 4.98 Å². The lowest BCUT2D eigenvalue weighted by Gasteiger charge is -2.27. The van der Waals surface area contributed by atoms with Crippen LogP contribution in [0, 0.1) is 0 Å². The zero-order chi connectivity index (χ0) is 10.6. The molecular weight excluding hydrogens is 198 g/mol. The summed E-state index contributed by atoms with van der Waals surface area (Å²) in [4.78, 5) is 10.5. The van der Waals surface area contributed by atoms with Gasteiger partial charge in [-0.15, -0.1) is 0 Å². The normalized spacial score (nSPS) is 12.6. The lowest BCUT2D eigenvalue weighted by atomic mass is 10.2. The van der Waals surface area contributed by atoms with Crippen LogP contribution in [0.5, 0.6) is 0 Å². The van der Waals surface area contributed by atoms with Crippen molar-refractivity contribution in [3.8, 4) is 0 Å². The second-order valence-electron chi connectivity index (χ2n) is 3.24. The number of halogens is 1. The average molecular weight is 214 g/mol. The molecule has 0 N–H and O–H groups in total. The predicted octanol–water partition coefficient (Wildman–Crippen LogP) is 2.75. The van der Waals surface area contributed by atoms with Gasteiger partial charge in [0.15, 0.2) is 0 Å². The van der Waals surface area contributed by atoms with E-state index in [1.54, 1.807) is 12.4 Å². The summed E-state index contributed by atoms with van der Waals surface area (Å²) >= 11 is 5.79. The van der Waals surface area contributed by atoms with Gasteiger partial charge in [-0.2, -0.15) is 0 Å². The summed E-state index contributed by atoms with van der Waals surface area (Å²) in [7, 11) is 0. The van der Waals surface area contributed by atoms with Gasteiger partial charge in [-0.1, -0.05) is 18.5 Å². The van der Waals surface area contributed by atoms with Crippen molar-refractivity contribution in [1.29, 1.82) is 0 Å². The molecule has 1 atom stereocenters. The van der Waals surface area contributed by atoms with Crippen LogP contribution in [-0.4, -0.2) is 22.6 Å². The van der Waals surface area contributed by atoms with E-state index in [2.05, 4.69) is 35.6 Å². The Hall–Kier alpha value is -0.830. The van der Waals surface area contributed by atoms with Gasteiger partial charge in [-0.05, 0) is 20.3 Å². The summed E-state index contributed by atoms with van der Waals surface area (Å²) in [5.74, 6) is 0.856. The summed E-state index contributed by atoms with van der Waals surface area (Å²) in [5, 5.41) is 0.448. The molecule has 0 amide bonds. The fourth-order valence-electron chi connectivity index (χ4n) is 1.39. The number of anilines is 1. The predicted molar refractivity (Wildman–Crippen MR) is 59.8 cm³/mol. The fraction of sp³-hybridized carbons (Fsp3) is 0.600. The SMILES string of the molecule is CCC(C)N(CC)c1cncc(Cl)n1. The van der Waals surface area contributed by atoms with Crippen LogP contribution < -0.4 is 4.90 Å². The second kappa shape index (κ2) is 5.15. The van der Waals surface area contributed by atoms with Gasteiger partial charge in [0.05, 0.1) is 12.4 Å². The van der Waals surface area contributed by atoms with Crippen LogP contribution >= 0.6 is 11.6 Å². The van der Waals surface area contributed by atoms with E-state index >= 15 is 0 Å². The van der Waals surface area contributed by atoms with Crippen molar-refractivity contribution >= 4 is 17.4 Å². The van der Waals surface area contributed by atoms with E-state index in [-0.39, 0.29) is 0 Å². The smallest absolute Gasteiger partial charge is 0.149 e. The number of nitrogens with zero attached hydrogens (tertiary/aromatic N) is 3. The maximum atomic E-state index is 5.79. The molecule has 0 aliphatic heterocycles. The van der Waals surface area contributed by atoms with E-state index in [1.807, 2.05) is 0 Å². The third-order valence-electron chi connectivity index (χ3n) is 2.35. The molecule has 78 valence electrons. The van der Waals surface area contributed by atoms with Crippen LogP contribution in [0.1, 0.15) is 27.2 Å². The van der Waals surface area contributed by atoms with Crippen LogP contribution in [0.2, 0.25) is 5.15 Å². The molecule has 1 aromatic heterocycles. The molecule has 0 fully saturated rings. The van der Waals surface area contributed by atoms with Gasteiger partial charge in [0, 0.05) is 12.6 Å². The lowest BCUT2D eigenvalue weighted by Crippen LogP contribution is -2.33. The first-order valence-corrected chi connectivity index (χ1v) is 5.31. The minimum Gasteiger partial charge on any atom is -0.353 e. The molecule has 0 bridgehead atoms. The Kier molecular flexibility index (Phi) is 4.14. The highest BCUT2D eigenvalue weighted by Crippen LogP contribution is 2.16. The molecule has 0 aliphatic rings. The molecule has 1 unspecified atom stereocenters. The Bertz CT molecular complexity index is 290. The molecule has 0 aromatic carbocycles. The topological polar surface area (TPSA) is 29.0 Å². The van der Waals surface area contributed by atoms with Gasteiger partial charge in [-0.25, -0.2) is 4.98 Å². The van der Waals surface area contributed by atoms with E-state index in [0.29, 0.717) is 11.2 Å². The molecule has 3 nitrogen and oxygen atoms in total. The van der Waals surface area contributed by atoms with Crippen molar-refractivity contribution in [2.75, 3.05) is 11.4 Å². The molecule has 0 radical (unpaired) electrons. The number of hydrogen-bond acceptors (Lipinski definition) is 3. The molecule has 1 heterocycles. The number of aromatic nitrogens is 2. The van der Waals surface area contributed by atoms with Crippen molar-refractivity contribution in [3.05, 3.63) is 17.5 Å². The van der Waals surface area contributed by atoms with E-state index in [1.165, 1.54) is 0 Å². The standard InChI is InChI=1S/C10H16ClN3/c1-4-8(3)14(5-2)10-7-12-6-9(11)13-10/h6-8H,4-5H2,1-3H3. The first-order chi connectivity index (χ1) is 6.69. The van der Waals surface area contributed by atoms with Crippen molar-refractivity contribution in [1.82, 2.24) is 9.97 Å². The van der Waals surface area contributed by atoms with E-state index in [0.717, 1.165) is 18.8 Å². The fourth-order valence-corrected chi connectivity index (χ4v) is 1.53. The Morgan fingerprint density at radius 1 is 1.43 bits per heavy atom. The third-order valence-corrected chi connectivity index (χ3v) is 2.53. The molecule has 14 heavy (non-hydrogen) atoms. The van der Waals surface area contributed by atoms with Crippen molar-refractivity contribution in [2.24, 2.45) is 0 Å². The van der Waals surface area contributed by atoms with Crippen LogP contribution in [0.25, 0.3) is 0 Å². The van der Waals surface area contributed by atoms with Crippen LogP contribution in [-0.2, 0) is 0 Å². The van der Waals surface area contributed by atoms with Crippen molar-refractivity contribution < 1.29 is 0 Å². The highest BCUT2D eigenvalue weighted by atomic mass is 35.5. The van der Waals surface area contributed by atoms with Crippen molar-refractivity contribution in [3.63, 3.8) is 0 Å².